The molecule has 0 spiro atoms. The summed E-state index contributed by atoms with van der Waals surface area (Å²) in [4.78, 5) is 30.8. The van der Waals surface area contributed by atoms with Crippen LogP contribution in [0.2, 0.25) is 0 Å². The average molecular weight is 473 g/mol. The fourth-order valence-electron chi connectivity index (χ4n) is 4.18. The highest BCUT2D eigenvalue weighted by atomic mass is 32.1. The van der Waals surface area contributed by atoms with Crippen molar-refractivity contribution in [3.63, 3.8) is 0 Å². The van der Waals surface area contributed by atoms with E-state index in [9.17, 15) is 19.1 Å². The molecular formula is C26H33FN2O3S. The topological polar surface area (TPSA) is 60.9 Å². The lowest BCUT2D eigenvalue weighted by Gasteiger charge is -2.26. The van der Waals surface area contributed by atoms with Crippen molar-refractivity contribution in [3.8, 4) is 0 Å². The summed E-state index contributed by atoms with van der Waals surface area (Å²) in [5.41, 5.74) is 0.393. The third-order valence-electron chi connectivity index (χ3n) is 6.00. The van der Waals surface area contributed by atoms with E-state index in [1.165, 1.54) is 35.6 Å². The maximum absolute atomic E-state index is 13.4. The van der Waals surface area contributed by atoms with Gasteiger partial charge in [0.1, 0.15) is 11.6 Å². The van der Waals surface area contributed by atoms with E-state index in [1.807, 2.05) is 17.5 Å². The van der Waals surface area contributed by atoms with E-state index < -0.39 is 23.5 Å². The van der Waals surface area contributed by atoms with Gasteiger partial charge in [-0.1, -0.05) is 32.8 Å². The van der Waals surface area contributed by atoms with Crippen molar-refractivity contribution in [1.82, 2.24) is 9.80 Å². The number of hydrogen-bond donors (Lipinski definition) is 1. The summed E-state index contributed by atoms with van der Waals surface area (Å²) in [5, 5.41) is 12.8. The molecule has 5 nitrogen and oxygen atoms in total. The third-order valence-corrected chi connectivity index (χ3v) is 6.92. The van der Waals surface area contributed by atoms with Crippen molar-refractivity contribution in [2.75, 3.05) is 26.2 Å². The molecule has 3 rings (SSSR count). The number of amides is 1. The molecule has 2 heterocycles. The van der Waals surface area contributed by atoms with Gasteiger partial charge < -0.3 is 14.9 Å². The fourth-order valence-corrected chi connectivity index (χ4v) is 5.03. The molecule has 7 heteroatoms. The Morgan fingerprint density at radius 1 is 1.03 bits per heavy atom. The molecule has 178 valence electrons. The number of unbranched alkanes of at least 4 members (excludes halogenated alkanes) is 2. The van der Waals surface area contributed by atoms with Gasteiger partial charge in [-0.05, 0) is 74.6 Å². The Bertz CT molecular complexity index is 948. The largest absolute Gasteiger partial charge is 0.507 e. The summed E-state index contributed by atoms with van der Waals surface area (Å²) in [6.45, 7) is 7.72. The molecule has 33 heavy (non-hydrogen) atoms. The van der Waals surface area contributed by atoms with Gasteiger partial charge in [0.05, 0.1) is 11.6 Å². The minimum absolute atomic E-state index is 0.0721. The minimum atomic E-state index is -0.691. The zero-order valence-electron chi connectivity index (χ0n) is 19.4. The van der Waals surface area contributed by atoms with E-state index in [4.69, 9.17) is 0 Å². The summed E-state index contributed by atoms with van der Waals surface area (Å²) in [7, 11) is 0. The number of ketones is 1. The van der Waals surface area contributed by atoms with Crippen LogP contribution in [0.1, 0.15) is 62.4 Å². The molecule has 1 unspecified atom stereocenters. The van der Waals surface area contributed by atoms with Crippen molar-refractivity contribution >= 4 is 28.8 Å². The molecule has 1 aliphatic heterocycles. The van der Waals surface area contributed by atoms with Gasteiger partial charge in [-0.3, -0.25) is 9.59 Å². The second-order valence-electron chi connectivity index (χ2n) is 8.42. The summed E-state index contributed by atoms with van der Waals surface area (Å²) >= 11 is 1.45. The van der Waals surface area contributed by atoms with Crippen LogP contribution >= 0.6 is 11.3 Å². The van der Waals surface area contributed by atoms with Gasteiger partial charge in [0.25, 0.3) is 11.7 Å². The predicted molar refractivity (Wildman–Crippen MR) is 131 cm³/mol. The number of halogens is 1. The van der Waals surface area contributed by atoms with E-state index in [2.05, 4.69) is 18.7 Å². The lowest BCUT2D eigenvalue weighted by atomic mass is 10.00. The Labute approximate surface area is 199 Å². The first kappa shape index (κ1) is 25.1. The van der Waals surface area contributed by atoms with E-state index in [0.717, 1.165) is 56.6 Å². The second-order valence-corrected chi connectivity index (χ2v) is 9.40. The molecule has 1 saturated heterocycles. The average Bonchev–Trinajstić information content (AvgIpc) is 3.43. The van der Waals surface area contributed by atoms with Gasteiger partial charge in [-0.15, -0.1) is 11.3 Å². The van der Waals surface area contributed by atoms with E-state index in [0.29, 0.717) is 12.1 Å². The highest BCUT2D eigenvalue weighted by Gasteiger charge is 2.46. The fraction of sp³-hybridized carbons (Fsp3) is 0.462. The lowest BCUT2D eigenvalue weighted by Crippen LogP contribution is -2.34. The maximum atomic E-state index is 13.4. The summed E-state index contributed by atoms with van der Waals surface area (Å²) in [6.07, 6.45) is 5.30. The van der Waals surface area contributed by atoms with Crippen LogP contribution in [-0.2, 0) is 9.59 Å². The first-order valence-corrected chi connectivity index (χ1v) is 12.7. The number of benzene rings is 1. The molecule has 0 aliphatic carbocycles. The van der Waals surface area contributed by atoms with Crippen LogP contribution in [-0.4, -0.2) is 52.8 Å². The highest BCUT2D eigenvalue weighted by Crippen LogP contribution is 2.41. The molecule has 1 aromatic carbocycles. The molecule has 1 atom stereocenters. The molecular weight excluding hydrogens is 439 g/mol. The van der Waals surface area contributed by atoms with Gasteiger partial charge in [-0.2, -0.15) is 0 Å². The zero-order chi connectivity index (χ0) is 23.8. The number of nitrogens with zero attached hydrogens (tertiary/aromatic N) is 2. The van der Waals surface area contributed by atoms with E-state index >= 15 is 0 Å². The van der Waals surface area contributed by atoms with Crippen LogP contribution in [0.15, 0.2) is 47.4 Å². The standard InChI is InChI=1S/C26H33FN2O3S/c1-3-5-14-28(15-6-4-2)16-8-17-29-23(21-9-7-18-33-21)22(25(31)26(29)32)24(30)19-10-12-20(27)13-11-19/h7,9-13,18,23,30H,3-6,8,14-17H2,1-2H3/b24-22-. The smallest absolute Gasteiger partial charge is 0.295 e. The van der Waals surface area contributed by atoms with Crippen LogP contribution in [0.3, 0.4) is 0 Å². The molecule has 1 N–H and O–H groups in total. The van der Waals surface area contributed by atoms with Gasteiger partial charge in [-0.25, -0.2) is 4.39 Å². The highest BCUT2D eigenvalue weighted by molar-refractivity contribution is 7.10. The first-order valence-electron chi connectivity index (χ1n) is 11.8. The van der Waals surface area contributed by atoms with Gasteiger partial charge in [0.15, 0.2) is 0 Å². The van der Waals surface area contributed by atoms with Crippen molar-refractivity contribution in [2.24, 2.45) is 0 Å². The van der Waals surface area contributed by atoms with Crippen molar-refractivity contribution < 1.29 is 19.1 Å². The van der Waals surface area contributed by atoms with Crippen LogP contribution in [0.4, 0.5) is 4.39 Å². The molecule has 1 amide bonds. The quantitative estimate of drug-likeness (QED) is 0.248. The normalized spacial score (nSPS) is 17.9. The number of rotatable bonds is 12. The van der Waals surface area contributed by atoms with E-state index in [-0.39, 0.29) is 11.3 Å². The van der Waals surface area contributed by atoms with Crippen LogP contribution < -0.4 is 0 Å². The first-order chi connectivity index (χ1) is 16.0. The van der Waals surface area contributed by atoms with Crippen LogP contribution in [0.5, 0.6) is 0 Å². The summed E-state index contributed by atoms with van der Waals surface area (Å²) in [5.74, 6) is -1.98. The Morgan fingerprint density at radius 2 is 1.67 bits per heavy atom. The van der Waals surface area contributed by atoms with Crippen LogP contribution in [0.25, 0.3) is 5.76 Å². The molecule has 1 fully saturated rings. The van der Waals surface area contributed by atoms with Crippen molar-refractivity contribution in [3.05, 3.63) is 63.6 Å². The SMILES string of the molecule is CCCCN(CCCC)CCCN1C(=O)C(=O)/C(=C(\O)c2ccc(F)cc2)C1c1cccs1. The number of carbonyl (C=O) groups is 2. The molecule has 1 aliphatic rings. The third kappa shape index (κ3) is 6.09. The monoisotopic (exact) mass is 472 g/mol. The number of hydrogen-bond acceptors (Lipinski definition) is 5. The number of aliphatic hydroxyl groups is 1. The molecule has 0 radical (unpaired) electrons. The number of carbonyl (C=O) groups excluding carboxylic acids is 2. The van der Waals surface area contributed by atoms with E-state index in [1.54, 1.807) is 4.90 Å². The van der Waals surface area contributed by atoms with Gasteiger partial charge >= 0.3 is 0 Å². The van der Waals surface area contributed by atoms with Crippen LogP contribution in [0, 0.1) is 5.82 Å². The Balaban J connectivity index is 1.83. The minimum Gasteiger partial charge on any atom is -0.507 e. The zero-order valence-corrected chi connectivity index (χ0v) is 20.2. The Hall–Kier alpha value is -2.51. The molecule has 1 aromatic heterocycles. The summed E-state index contributed by atoms with van der Waals surface area (Å²) in [6, 6.07) is 8.41. The number of aliphatic hydroxyl groups excluding tert-OH is 1. The Kier molecular flexibility index (Phi) is 9.21. The molecule has 2 aromatic rings. The van der Waals surface area contributed by atoms with Crippen molar-refractivity contribution in [1.29, 1.82) is 0 Å². The number of Topliss-reactive ketones (excluding diaryl/α,β-unsaturated/α-hetero) is 1. The Morgan fingerprint density at radius 3 is 2.24 bits per heavy atom. The van der Waals surface area contributed by atoms with Gasteiger partial charge in [0.2, 0.25) is 0 Å². The number of likely N-dealkylation sites (tertiary alicyclic amines) is 1. The van der Waals surface area contributed by atoms with Crippen molar-refractivity contribution in [2.45, 2.75) is 52.0 Å². The maximum Gasteiger partial charge on any atom is 0.295 e. The molecule has 0 bridgehead atoms. The number of thiophene rings is 1. The second kappa shape index (κ2) is 12.1. The summed E-state index contributed by atoms with van der Waals surface area (Å²) < 4.78 is 13.4. The predicted octanol–water partition coefficient (Wildman–Crippen LogP) is 5.60. The van der Waals surface area contributed by atoms with Gasteiger partial charge in [0, 0.05) is 17.0 Å². The molecule has 0 saturated carbocycles. The lowest BCUT2D eigenvalue weighted by molar-refractivity contribution is -0.139.